The second kappa shape index (κ2) is 10.3. The van der Waals surface area contributed by atoms with Gasteiger partial charge in [0.2, 0.25) is 12.7 Å². The fourth-order valence-corrected chi connectivity index (χ4v) is 4.10. The van der Waals surface area contributed by atoms with Gasteiger partial charge in [0, 0.05) is 18.0 Å². The van der Waals surface area contributed by atoms with Gasteiger partial charge in [0.05, 0.1) is 13.1 Å². The number of rotatable bonds is 8. The van der Waals surface area contributed by atoms with E-state index in [0.717, 1.165) is 16.9 Å². The first-order chi connectivity index (χ1) is 15.2. The molecule has 8 heteroatoms. The second-order valence-corrected chi connectivity index (χ2v) is 8.46. The highest BCUT2D eigenvalue weighted by Crippen LogP contribution is 2.32. The van der Waals surface area contributed by atoms with E-state index in [2.05, 4.69) is 39.1 Å². The lowest BCUT2D eigenvalue weighted by Crippen LogP contribution is -2.43. The van der Waals surface area contributed by atoms with Gasteiger partial charge in [-0.05, 0) is 46.9 Å². The third-order valence-corrected chi connectivity index (χ3v) is 6.02. The maximum absolute atomic E-state index is 12.3. The predicted molar refractivity (Wildman–Crippen MR) is 125 cm³/mol. The van der Waals surface area contributed by atoms with E-state index in [9.17, 15) is 4.79 Å². The fraction of sp³-hybridized carbons (Fsp3) is 0.217. The van der Waals surface area contributed by atoms with Crippen molar-refractivity contribution in [3.05, 3.63) is 82.0 Å². The molecule has 1 amide bonds. The molecule has 0 unspecified atom stereocenters. The SMILES string of the molecule is O=C(CNC(=S)N(Cc1ccccc1)Cc1cccs1)NCc1ccc2c(c1)OCO2. The highest BCUT2D eigenvalue weighted by Gasteiger charge is 2.15. The fourth-order valence-electron chi connectivity index (χ4n) is 3.18. The van der Waals surface area contributed by atoms with Gasteiger partial charge in [-0.15, -0.1) is 11.3 Å². The first-order valence-electron chi connectivity index (χ1n) is 9.92. The molecule has 0 spiro atoms. The van der Waals surface area contributed by atoms with Crippen LogP contribution in [0.4, 0.5) is 0 Å². The second-order valence-electron chi connectivity index (χ2n) is 7.04. The Labute approximate surface area is 190 Å². The molecule has 0 aliphatic carbocycles. The Balaban J connectivity index is 1.29. The highest BCUT2D eigenvalue weighted by atomic mass is 32.1. The van der Waals surface area contributed by atoms with Crippen molar-refractivity contribution < 1.29 is 14.3 Å². The van der Waals surface area contributed by atoms with Crippen molar-refractivity contribution in [1.29, 1.82) is 0 Å². The predicted octanol–water partition coefficient (Wildman–Crippen LogP) is 3.67. The molecule has 4 rings (SSSR count). The minimum Gasteiger partial charge on any atom is -0.454 e. The molecule has 0 bridgehead atoms. The number of nitrogens with zero attached hydrogens (tertiary/aromatic N) is 1. The lowest BCUT2D eigenvalue weighted by Gasteiger charge is -2.25. The van der Waals surface area contributed by atoms with Crippen LogP contribution in [0.25, 0.3) is 0 Å². The molecule has 0 saturated carbocycles. The number of thiocarbonyl (C=S) groups is 1. The van der Waals surface area contributed by atoms with Crippen LogP contribution in [0.5, 0.6) is 11.5 Å². The molecule has 6 nitrogen and oxygen atoms in total. The molecule has 31 heavy (non-hydrogen) atoms. The minimum absolute atomic E-state index is 0.110. The van der Waals surface area contributed by atoms with Gasteiger partial charge in [-0.2, -0.15) is 0 Å². The third kappa shape index (κ3) is 5.96. The zero-order chi connectivity index (χ0) is 21.5. The van der Waals surface area contributed by atoms with Crippen LogP contribution in [-0.2, 0) is 24.4 Å². The summed E-state index contributed by atoms with van der Waals surface area (Å²) in [7, 11) is 0. The van der Waals surface area contributed by atoms with Crippen molar-refractivity contribution in [3.63, 3.8) is 0 Å². The van der Waals surface area contributed by atoms with E-state index in [1.165, 1.54) is 4.88 Å². The number of carbonyl (C=O) groups is 1. The number of hydrogen-bond donors (Lipinski definition) is 2. The van der Waals surface area contributed by atoms with Gasteiger partial charge in [-0.1, -0.05) is 42.5 Å². The molecule has 2 aromatic carbocycles. The van der Waals surface area contributed by atoms with Gasteiger partial charge in [0.25, 0.3) is 0 Å². The maximum Gasteiger partial charge on any atom is 0.239 e. The van der Waals surface area contributed by atoms with Crippen LogP contribution < -0.4 is 20.1 Å². The molecule has 2 heterocycles. The Kier molecular flexibility index (Phi) is 7.01. The van der Waals surface area contributed by atoms with Gasteiger partial charge in [-0.3, -0.25) is 4.79 Å². The van der Waals surface area contributed by atoms with Crippen molar-refractivity contribution in [2.45, 2.75) is 19.6 Å². The summed E-state index contributed by atoms with van der Waals surface area (Å²) in [5.74, 6) is 1.30. The summed E-state index contributed by atoms with van der Waals surface area (Å²) in [4.78, 5) is 15.6. The van der Waals surface area contributed by atoms with E-state index >= 15 is 0 Å². The first kappa shape index (κ1) is 21.1. The minimum atomic E-state index is -0.129. The van der Waals surface area contributed by atoms with Crippen molar-refractivity contribution in [1.82, 2.24) is 15.5 Å². The molecule has 1 aromatic heterocycles. The number of amides is 1. The van der Waals surface area contributed by atoms with Crippen LogP contribution in [-0.4, -0.2) is 29.3 Å². The van der Waals surface area contributed by atoms with Gasteiger partial charge < -0.3 is 25.0 Å². The largest absolute Gasteiger partial charge is 0.454 e. The summed E-state index contributed by atoms with van der Waals surface area (Å²) in [5, 5.41) is 8.61. The number of benzene rings is 2. The summed E-state index contributed by atoms with van der Waals surface area (Å²) in [6.07, 6.45) is 0. The normalized spacial score (nSPS) is 11.7. The van der Waals surface area contributed by atoms with Crippen LogP contribution in [0.1, 0.15) is 16.0 Å². The van der Waals surface area contributed by atoms with Crippen molar-refractivity contribution >= 4 is 34.6 Å². The zero-order valence-electron chi connectivity index (χ0n) is 16.9. The Hall–Kier alpha value is -3.10. The van der Waals surface area contributed by atoms with E-state index in [4.69, 9.17) is 21.7 Å². The summed E-state index contributed by atoms with van der Waals surface area (Å²) in [6.45, 7) is 2.12. The summed E-state index contributed by atoms with van der Waals surface area (Å²) in [5.41, 5.74) is 2.11. The average molecular weight is 454 g/mol. The average Bonchev–Trinajstić information content (AvgIpc) is 3.48. The van der Waals surface area contributed by atoms with E-state index in [0.29, 0.717) is 30.5 Å². The van der Waals surface area contributed by atoms with Gasteiger partial charge in [0.15, 0.2) is 16.6 Å². The Bertz CT molecular complexity index is 1030. The van der Waals surface area contributed by atoms with E-state index in [-0.39, 0.29) is 19.2 Å². The third-order valence-electron chi connectivity index (χ3n) is 4.76. The number of hydrogen-bond acceptors (Lipinski definition) is 5. The lowest BCUT2D eigenvalue weighted by atomic mass is 10.2. The summed E-state index contributed by atoms with van der Waals surface area (Å²) >= 11 is 7.30. The molecule has 2 N–H and O–H groups in total. The Morgan fingerprint density at radius 1 is 0.968 bits per heavy atom. The van der Waals surface area contributed by atoms with E-state index in [1.807, 2.05) is 42.5 Å². The standard InChI is InChI=1S/C23H23N3O3S2/c27-22(24-12-18-8-9-20-21(11-18)29-16-28-20)13-25-23(30)26(15-19-7-4-10-31-19)14-17-5-2-1-3-6-17/h1-11H,12-16H2,(H,24,27)(H,25,30). The number of fused-ring (bicyclic) bond motifs is 1. The molecule has 0 saturated heterocycles. The Morgan fingerprint density at radius 2 is 1.81 bits per heavy atom. The maximum atomic E-state index is 12.3. The number of thiophene rings is 1. The van der Waals surface area contributed by atoms with Crippen molar-refractivity contribution in [3.8, 4) is 11.5 Å². The van der Waals surface area contributed by atoms with Crippen LogP contribution in [0, 0.1) is 0 Å². The van der Waals surface area contributed by atoms with Crippen LogP contribution in [0.15, 0.2) is 66.0 Å². The smallest absolute Gasteiger partial charge is 0.239 e. The highest BCUT2D eigenvalue weighted by molar-refractivity contribution is 7.80. The number of carbonyl (C=O) groups excluding carboxylic acids is 1. The molecule has 1 aliphatic rings. The van der Waals surface area contributed by atoms with Crippen molar-refractivity contribution in [2.75, 3.05) is 13.3 Å². The van der Waals surface area contributed by atoms with Gasteiger partial charge >= 0.3 is 0 Å². The molecule has 3 aromatic rings. The molecule has 0 radical (unpaired) electrons. The topological polar surface area (TPSA) is 62.8 Å². The van der Waals surface area contributed by atoms with Gasteiger partial charge in [0.1, 0.15) is 0 Å². The number of nitrogens with one attached hydrogen (secondary N) is 2. The van der Waals surface area contributed by atoms with Crippen LogP contribution in [0.2, 0.25) is 0 Å². The van der Waals surface area contributed by atoms with Crippen molar-refractivity contribution in [2.24, 2.45) is 0 Å². The molecule has 0 atom stereocenters. The molecular weight excluding hydrogens is 430 g/mol. The summed E-state index contributed by atoms with van der Waals surface area (Å²) in [6, 6.07) is 19.9. The molecule has 1 aliphatic heterocycles. The lowest BCUT2D eigenvalue weighted by molar-refractivity contribution is -0.120. The number of ether oxygens (including phenoxy) is 2. The Morgan fingerprint density at radius 3 is 2.61 bits per heavy atom. The molecular formula is C23H23N3O3S2. The quantitative estimate of drug-likeness (QED) is 0.508. The van der Waals surface area contributed by atoms with E-state index < -0.39 is 0 Å². The molecule has 160 valence electrons. The van der Waals surface area contributed by atoms with Crippen LogP contribution in [0.3, 0.4) is 0 Å². The zero-order valence-corrected chi connectivity index (χ0v) is 18.5. The van der Waals surface area contributed by atoms with Crippen LogP contribution >= 0.6 is 23.6 Å². The van der Waals surface area contributed by atoms with Gasteiger partial charge in [-0.25, -0.2) is 0 Å². The monoisotopic (exact) mass is 453 g/mol. The first-order valence-corrected chi connectivity index (χ1v) is 11.2. The molecule has 0 fully saturated rings. The summed E-state index contributed by atoms with van der Waals surface area (Å²) < 4.78 is 10.7. The van der Waals surface area contributed by atoms with E-state index in [1.54, 1.807) is 11.3 Å².